The Morgan fingerprint density at radius 2 is 1.76 bits per heavy atom. The molecule has 1 amide bonds. The first kappa shape index (κ1) is 25.7. The molecule has 1 N–H and O–H groups in total. The Kier molecular flexibility index (Phi) is 6.10. The zero-order chi connectivity index (χ0) is 29.0. The van der Waals surface area contributed by atoms with E-state index in [-0.39, 0.29) is 47.5 Å². The van der Waals surface area contributed by atoms with E-state index in [1.807, 2.05) is 48.9 Å². The fourth-order valence-electron chi connectivity index (χ4n) is 5.58. The molecule has 4 aromatic heterocycles. The second kappa shape index (κ2) is 9.98. The van der Waals surface area contributed by atoms with Gasteiger partial charge >= 0.3 is 0 Å². The van der Waals surface area contributed by atoms with Crippen LogP contribution in [0.25, 0.3) is 16.7 Å². The molecule has 212 valence electrons. The number of allylic oxidation sites excluding steroid dienone is 2. The third-order valence-corrected chi connectivity index (χ3v) is 7.62. The van der Waals surface area contributed by atoms with E-state index in [0.29, 0.717) is 24.8 Å². The third-order valence-electron chi connectivity index (χ3n) is 7.62. The van der Waals surface area contributed by atoms with Crippen molar-refractivity contribution in [1.29, 1.82) is 0 Å². The van der Waals surface area contributed by atoms with Gasteiger partial charge in [-0.15, -0.1) is 5.10 Å². The number of amides is 1. The van der Waals surface area contributed by atoms with Gasteiger partial charge in [-0.25, -0.2) is 18.7 Å². The molecule has 0 radical (unpaired) electrons. The topological polar surface area (TPSA) is 143 Å². The Balaban J connectivity index is 1.12. The lowest BCUT2D eigenvalue weighted by Gasteiger charge is -2.38. The number of ketones is 1. The van der Waals surface area contributed by atoms with Crippen LogP contribution in [0.5, 0.6) is 0 Å². The second-order valence-electron chi connectivity index (χ2n) is 10.3. The van der Waals surface area contributed by atoms with Gasteiger partial charge in [0.2, 0.25) is 0 Å². The largest absolute Gasteiger partial charge is 0.357 e. The fourth-order valence-corrected chi connectivity index (χ4v) is 5.58. The van der Waals surface area contributed by atoms with Crippen molar-refractivity contribution in [2.75, 3.05) is 26.2 Å². The van der Waals surface area contributed by atoms with Crippen molar-refractivity contribution in [2.45, 2.75) is 25.9 Å². The first-order valence-corrected chi connectivity index (χ1v) is 13.5. The van der Waals surface area contributed by atoms with Gasteiger partial charge in [0.15, 0.2) is 23.3 Å². The minimum absolute atomic E-state index is 0.0149. The van der Waals surface area contributed by atoms with E-state index in [4.69, 9.17) is 9.98 Å². The van der Waals surface area contributed by atoms with Gasteiger partial charge in [0.1, 0.15) is 0 Å². The highest BCUT2D eigenvalue weighted by atomic mass is 19.1. The molecule has 2 atom stereocenters. The summed E-state index contributed by atoms with van der Waals surface area (Å²) in [5.41, 5.74) is 2.01. The maximum absolute atomic E-state index is 14.9. The van der Waals surface area contributed by atoms with Gasteiger partial charge in [-0.1, -0.05) is 29.5 Å². The smallest absolute Gasteiger partial charge is 0.295 e. The molecular weight excluding hydrogens is 541 g/mol. The highest BCUT2D eigenvalue weighted by Gasteiger charge is 2.35. The highest BCUT2D eigenvalue weighted by Crippen LogP contribution is 2.27. The summed E-state index contributed by atoms with van der Waals surface area (Å²) in [5.74, 6) is -0.592. The average molecular weight is 568 g/mol. The predicted molar refractivity (Wildman–Crippen MR) is 151 cm³/mol. The predicted octanol–water partition coefficient (Wildman–Crippen LogP) is 1.65. The van der Waals surface area contributed by atoms with Crippen molar-refractivity contribution in [2.24, 2.45) is 9.98 Å². The van der Waals surface area contributed by atoms with Gasteiger partial charge in [-0.2, -0.15) is 5.10 Å². The summed E-state index contributed by atoms with van der Waals surface area (Å²) >= 11 is 0. The summed E-state index contributed by atoms with van der Waals surface area (Å²) in [6.45, 7) is 5.36. The molecule has 3 aliphatic rings. The lowest BCUT2D eigenvalue weighted by atomic mass is 10.0. The van der Waals surface area contributed by atoms with E-state index in [9.17, 15) is 14.0 Å². The van der Waals surface area contributed by atoms with Crippen LogP contribution in [0.2, 0.25) is 0 Å². The molecule has 1 aliphatic carbocycles. The van der Waals surface area contributed by atoms with E-state index in [0.717, 1.165) is 17.6 Å². The Morgan fingerprint density at radius 3 is 2.43 bits per heavy atom. The first-order valence-electron chi connectivity index (χ1n) is 13.5. The highest BCUT2D eigenvalue weighted by molar-refractivity contribution is 6.45. The molecule has 13 nitrogen and oxygen atoms in total. The summed E-state index contributed by atoms with van der Waals surface area (Å²) < 4.78 is 18.1. The number of rotatable bonds is 3. The molecular formula is C28H26FN11O2. The molecule has 0 aromatic carbocycles. The zero-order valence-corrected chi connectivity index (χ0v) is 22.8. The van der Waals surface area contributed by atoms with E-state index in [1.165, 1.54) is 22.0 Å². The Bertz CT molecular complexity index is 1840. The van der Waals surface area contributed by atoms with Crippen molar-refractivity contribution < 1.29 is 14.0 Å². The lowest BCUT2D eigenvalue weighted by Crippen LogP contribution is -2.55. The number of hydrogen-bond acceptors (Lipinski definition) is 9. The molecule has 2 aliphatic heterocycles. The SMILES string of the molecule is Cc1cc(C)n(C2=NC3C=CC=CC3N=C2N2CCN(C(=O)C(=O)c3c[nH]c4c(-n5ccnn5)ncc(F)c34)CC2)n1. The number of carbonyl (C=O) groups is 2. The van der Waals surface area contributed by atoms with Crippen molar-refractivity contribution in [1.82, 2.24) is 44.5 Å². The number of aromatic nitrogens is 7. The summed E-state index contributed by atoms with van der Waals surface area (Å²) in [6.07, 6.45) is 13.3. The second-order valence-corrected chi connectivity index (χ2v) is 10.3. The quantitative estimate of drug-likeness (QED) is 0.293. The number of carbonyl (C=O) groups excluding carboxylic acids is 2. The van der Waals surface area contributed by atoms with Crippen LogP contribution in [0.3, 0.4) is 0 Å². The zero-order valence-electron chi connectivity index (χ0n) is 22.8. The minimum atomic E-state index is -0.800. The lowest BCUT2D eigenvalue weighted by molar-refractivity contribution is -0.127. The number of fused-ring (bicyclic) bond motifs is 2. The number of pyridine rings is 1. The minimum Gasteiger partial charge on any atom is -0.357 e. The monoisotopic (exact) mass is 567 g/mol. The van der Waals surface area contributed by atoms with Gasteiger partial charge in [-0.3, -0.25) is 19.6 Å². The Labute approximate surface area is 238 Å². The van der Waals surface area contributed by atoms with Crippen LogP contribution in [0.15, 0.2) is 65.1 Å². The summed E-state index contributed by atoms with van der Waals surface area (Å²) in [4.78, 5) is 47.3. The molecule has 0 spiro atoms. The third kappa shape index (κ3) is 4.22. The molecule has 0 bridgehead atoms. The van der Waals surface area contributed by atoms with Crippen LogP contribution in [-0.2, 0) is 4.79 Å². The Hall–Kier alpha value is -5.27. The van der Waals surface area contributed by atoms with E-state index in [2.05, 4.69) is 30.3 Å². The van der Waals surface area contributed by atoms with Gasteiger partial charge in [-0.05, 0) is 19.9 Å². The molecule has 1 saturated heterocycles. The van der Waals surface area contributed by atoms with Crippen LogP contribution < -0.4 is 0 Å². The maximum Gasteiger partial charge on any atom is 0.295 e. The number of aryl methyl sites for hydroxylation is 2. The van der Waals surface area contributed by atoms with E-state index >= 15 is 0 Å². The number of hydrogen-bond donors (Lipinski definition) is 1. The average Bonchev–Trinajstić information content (AvgIpc) is 3.77. The fraction of sp³-hybridized carbons (Fsp3) is 0.286. The van der Waals surface area contributed by atoms with Gasteiger partial charge in [0.05, 0.1) is 52.8 Å². The molecule has 0 saturated carbocycles. The van der Waals surface area contributed by atoms with Gasteiger partial charge in [0.25, 0.3) is 11.7 Å². The molecule has 6 heterocycles. The van der Waals surface area contributed by atoms with Crippen LogP contribution in [0.1, 0.15) is 21.7 Å². The molecule has 14 heteroatoms. The summed E-state index contributed by atoms with van der Waals surface area (Å²) in [6, 6.07) is 1.75. The molecule has 42 heavy (non-hydrogen) atoms. The van der Waals surface area contributed by atoms with Crippen molar-refractivity contribution in [3.63, 3.8) is 0 Å². The number of Topliss-reactive ketones (excluding diaryl/α,β-unsaturated/α-hetero) is 1. The summed E-state index contributed by atoms with van der Waals surface area (Å²) in [5, 5.41) is 12.3. The van der Waals surface area contributed by atoms with E-state index in [1.54, 1.807) is 6.20 Å². The maximum atomic E-state index is 14.9. The first-order chi connectivity index (χ1) is 20.4. The number of aliphatic imine (C=N–C) groups is 2. The number of aromatic amines is 1. The van der Waals surface area contributed by atoms with Crippen molar-refractivity contribution in [3.8, 4) is 5.82 Å². The number of piperazine rings is 1. The number of H-pyrrole nitrogens is 1. The van der Waals surface area contributed by atoms with Gasteiger partial charge in [0, 0.05) is 38.1 Å². The Morgan fingerprint density at radius 1 is 1.02 bits per heavy atom. The van der Waals surface area contributed by atoms with E-state index < -0.39 is 17.5 Å². The standard InChI is InChI=1S/C28H26FN11O2/c1-16-13-17(2)40(35-16)27-26(33-20-5-3-4-6-21(20)34-27)37-9-11-38(12-10-37)28(42)24(41)18-14-30-23-22(18)19(29)15-31-25(23)39-8-7-32-36-39/h3-8,13-15,20-21,30H,9-12H2,1-2H3. The number of nitrogens with zero attached hydrogens (tertiary/aromatic N) is 10. The van der Waals surface area contributed by atoms with Crippen molar-refractivity contribution >= 4 is 34.3 Å². The van der Waals surface area contributed by atoms with Crippen molar-refractivity contribution in [3.05, 3.63) is 77.9 Å². The normalized spacial score (nSPS) is 20.1. The van der Waals surface area contributed by atoms with Crippen LogP contribution in [-0.4, -0.2) is 106 Å². The molecule has 4 aromatic rings. The van der Waals surface area contributed by atoms with Crippen LogP contribution in [0.4, 0.5) is 4.39 Å². The van der Waals surface area contributed by atoms with Crippen LogP contribution >= 0.6 is 0 Å². The number of amidine groups is 1. The molecule has 7 rings (SSSR count). The van der Waals surface area contributed by atoms with Gasteiger partial charge < -0.3 is 14.8 Å². The summed E-state index contributed by atoms with van der Waals surface area (Å²) in [7, 11) is 0. The molecule has 2 unspecified atom stereocenters. The molecule has 1 fully saturated rings. The number of nitrogens with one attached hydrogen (secondary N) is 1. The number of halogens is 1. The van der Waals surface area contributed by atoms with Crippen LogP contribution in [0, 0.1) is 19.7 Å².